The second-order valence-corrected chi connectivity index (χ2v) is 4.96. The lowest BCUT2D eigenvalue weighted by molar-refractivity contribution is -0.137. The van der Waals surface area contributed by atoms with Gasteiger partial charge in [0.1, 0.15) is 0 Å². The van der Waals surface area contributed by atoms with Gasteiger partial charge in [0.05, 0.1) is 5.56 Å². The third kappa shape index (κ3) is 2.85. The summed E-state index contributed by atoms with van der Waals surface area (Å²) in [5.74, 6) is 0. The summed E-state index contributed by atoms with van der Waals surface area (Å²) >= 11 is 1.30. The first-order chi connectivity index (χ1) is 8.91. The molecule has 0 atom stereocenters. The Morgan fingerprint density at radius 3 is 2.42 bits per heavy atom. The van der Waals surface area contributed by atoms with Gasteiger partial charge in [-0.25, -0.2) is 0 Å². The number of nitriles is 1. The predicted molar refractivity (Wildman–Crippen MR) is 64.6 cm³/mol. The number of hydrogen-bond donors (Lipinski definition) is 0. The molecule has 0 saturated carbocycles. The Labute approximate surface area is 110 Å². The molecule has 0 aliphatic carbocycles. The zero-order valence-corrected chi connectivity index (χ0v) is 10.6. The number of rotatable bonds is 1. The van der Waals surface area contributed by atoms with Crippen LogP contribution in [0, 0.1) is 18.4 Å². The normalized spacial score (nSPS) is 12.5. The van der Waals surface area contributed by atoms with Gasteiger partial charge in [-0.15, -0.1) is 16.3 Å². The van der Waals surface area contributed by atoms with Crippen molar-refractivity contribution in [2.24, 2.45) is 4.99 Å². The van der Waals surface area contributed by atoms with E-state index in [1.54, 1.807) is 17.0 Å². The summed E-state index contributed by atoms with van der Waals surface area (Å²) in [6.07, 6.45) is -0.950. The first-order valence-corrected chi connectivity index (χ1v) is 6.03. The fraction of sp³-hybridized carbons (Fsp3) is 0.167. The summed E-state index contributed by atoms with van der Waals surface area (Å²) in [6, 6.07) is 4.72. The van der Waals surface area contributed by atoms with Gasteiger partial charge in [-0.3, -0.25) is 4.57 Å². The number of aromatic nitrogens is 1. The highest BCUT2D eigenvalue weighted by molar-refractivity contribution is 7.09. The smallest absolute Gasteiger partial charge is 0.292 e. The van der Waals surface area contributed by atoms with Gasteiger partial charge in [0.25, 0.3) is 0 Å². The maximum absolute atomic E-state index is 12.5. The van der Waals surface area contributed by atoms with Crippen LogP contribution < -0.4 is 4.80 Å². The molecule has 19 heavy (non-hydrogen) atoms. The van der Waals surface area contributed by atoms with Crippen molar-refractivity contribution < 1.29 is 13.2 Å². The molecule has 0 aliphatic rings. The molecule has 0 N–H and O–H groups in total. The van der Waals surface area contributed by atoms with Crippen LogP contribution in [0.15, 0.2) is 35.5 Å². The molecule has 0 saturated heterocycles. The van der Waals surface area contributed by atoms with Gasteiger partial charge >= 0.3 is 6.18 Å². The van der Waals surface area contributed by atoms with Crippen LogP contribution in [0.25, 0.3) is 5.69 Å². The maximum atomic E-state index is 12.5. The first-order valence-electron chi connectivity index (χ1n) is 5.21. The third-order valence-electron chi connectivity index (χ3n) is 2.39. The van der Waals surface area contributed by atoms with Crippen molar-refractivity contribution in [2.45, 2.75) is 13.1 Å². The van der Waals surface area contributed by atoms with Crippen LogP contribution in [-0.4, -0.2) is 4.57 Å². The van der Waals surface area contributed by atoms with Crippen LogP contribution in [0.4, 0.5) is 13.2 Å². The van der Waals surface area contributed by atoms with Crippen molar-refractivity contribution in [3.63, 3.8) is 0 Å². The van der Waals surface area contributed by atoms with Crippen molar-refractivity contribution >= 4 is 11.3 Å². The second-order valence-electron chi connectivity index (χ2n) is 3.75. The van der Waals surface area contributed by atoms with Crippen molar-refractivity contribution in [2.75, 3.05) is 0 Å². The van der Waals surface area contributed by atoms with E-state index in [1.807, 2.05) is 6.92 Å². The molecule has 0 radical (unpaired) electrons. The van der Waals surface area contributed by atoms with Crippen LogP contribution in [0.5, 0.6) is 0 Å². The molecular formula is C12H8F3N3S. The molecule has 0 unspecified atom stereocenters. The van der Waals surface area contributed by atoms with Crippen LogP contribution >= 0.6 is 11.3 Å². The molecule has 0 amide bonds. The van der Waals surface area contributed by atoms with Crippen molar-refractivity contribution in [3.05, 3.63) is 45.7 Å². The molecule has 2 aromatic rings. The predicted octanol–water partition coefficient (Wildman–Crippen LogP) is 3.25. The van der Waals surface area contributed by atoms with Gasteiger partial charge < -0.3 is 0 Å². The van der Waals surface area contributed by atoms with E-state index in [4.69, 9.17) is 5.26 Å². The standard InChI is InChI=1S/C12H8F3N3S/c1-8-6-18(11(19-8)17-7-16)10-4-2-9(3-5-10)12(13,14)15/h2-6H,1H3. The summed E-state index contributed by atoms with van der Waals surface area (Å²) in [4.78, 5) is 4.98. The van der Waals surface area contributed by atoms with Gasteiger partial charge in [-0.05, 0) is 31.2 Å². The van der Waals surface area contributed by atoms with E-state index >= 15 is 0 Å². The van der Waals surface area contributed by atoms with Crippen LogP contribution in [-0.2, 0) is 6.18 Å². The van der Waals surface area contributed by atoms with Crippen molar-refractivity contribution in [1.29, 1.82) is 5.26 Å². The highest BCUT2D eigenvalue weighted by Crippen LogP contribution is 2.29. The number of thiazole rings is 1. The van der Waals surface area contributed by atoms with Gasteiger partial charge in [0.2, 0.25) is 11.0 Å². The minimum Gasteiger partial charge on any atom is -0.292 e. The number of alkyl halides is 3. The Bertz CT molecular complexity index is 687. The molecule has 3 nitrogen and oxygen atoms in total. The molecular weight excluding hydrogens is 275 g/mol. The quantitative estimate of drug-likeness (QED) is 0.741. The highest BCUT2D eigenvalue weighted by Gasteiger charge is 2.30. The van der Waals surface area contributed by atoms with E-state index in [1.165, 1.54) is 23.5 Å². The number of halogens is 3. The van der Waals surface area contributed by atoms with E-state index in [2.05, 4.69) is 4.99 Å². The van der Waals surface area contributed by atoms with Crippen LogP contribution in [0.3, 0.4) is 0 Å². The Hall–Kier alpha value is -2.07. The summed E-state index contributed by atoms with van der Waals surface area (Å²) in [5.41, 5.74) is -0.172. The zero-order chi connectivity index (χ0) is 14.0. The summed E-state index contributed by atoms with van der Waals surface area (Å²) in [7, 11) is 0. The molecule has 1 aromatic heterocycles. The van der Waals surface area contributed by atoms with Crippen molar-refractivity contribution in [3.8, 4) is 11.9 Å². The van der Waals surface area contributed by atoms with Gasteiger partial charge in [-0.1, -0.05) is 0 Å². The molecule has 0 aliphatic heterocycles. The lowest BCUT2D eigenvalue weighted by Crippen LogP contribution is -2.12. The minimum absolute atomic E-state index is 0.430. The molecule has 1 aromatic carbocycles. The topological polar surface area (TPSA) is 41.1 Å². The highest BCUT2D eigenvalue weighted by atomic mass is 32.1. The lowest BCUT2D eigenvalue weighted by atomic mass is 10.2. The summed E-state index contributed by atoms with van der Waals surface area (Å²) in [5, 5.41) is 8.58. The fourth-order valence-electron chi connectivity index (χ4n) is 1.57. The fourth-order valence-corrected chi connectivity index (χ4v) is 2.36. The molecule has 2 rings (SSSR count). The van der Waals surface area contributed by atoms with Gasteiger partial charge in [0.15, 0.2) is 0 Å². The second kappa shape index (κ2) is 4.90. The third-order valence-corrected chi connectivity index (χ3v) is 3.29. The number of benzene rings is 1. The molecule has 0 fully saturated rings. The maximum Gasteiger partial charge on any atom is 0.416 e. The number of hydrogen-bond acceptors (Lipinski definition) is 3. The molecule has 0 spiro atoms. The SMILES string of the molecule is Cc1cn(-c2ccc(C(F)(F)F)cc2)c(=NC#N)s1. The first kappa shape index (κ1) is 13.4. The number of aryl methyl sites for hydroxylation is 1. The van der Waals surface area contributed by atoms with Gasteiger partial charge in [-0.2, -0.15) is 18.4 Å². The molecule has 98 valence electrons. The molecule has 7 heteroatoms. The van der Waals surface area contributed by atoms with Crippen molar-refractivity contribution in [1.82, 2.24) is 4.57 Å². The minimum atomic E-state index is -4.35. The monoisotopic (exact) mass is 283 g/mol. The van der Waals surface area contributed by atoms with Crippen LogP contribution in [0.1, 0.15) is 10.4 Å². The zero-order valence-electron chi connectivity index (χ0n) is 9.77. The number of nitrogens with zero attached hydrogens (tertiary/aromatic N) is 3. The Morgan fingerprint density at radius 1 is 1.26 bits per heavy atom. The summed E-state index contributed by atoms with van der Waals surface area (Å²) < 4.78 is 39.0. The Morgan fingerprint density at radius 2 is 1.89 bits per heavy atom. The van der Waals surface area contributed by atoms with Crippen LogP contribution in [0.2, 0.25) is 0 Å². The van der Waals surface area contributed by atoms with E-state index in [-0.39, 0.29) is 0 Å². The van der Waals surface area contributed by atoms with E-state index in [0.717, 1.165) is 17.0 Å². The summed E-state index contributed by atoms with van der Waals surface area (Å²) in [6.45, 7) is 1.83. The Balaban J connectivity index is 2.50. The molecule has 1 heterocycles. The van der Waals surface area contributed by atoms with E-state index in [9.17, 15) is 13.2 Å². The van der Waals surface area contributed by atoms with Gasteiger partial charge in [0, 0.05) is 16.8 Å². The largest absolute Gasteiger partial charge is 0.416 e. The average Bonchev–Trinajstić information content (AvgIpc) is 2.70. The molecule has 0 bridgehead atoms. The van der Waals surface area contributed by atoms with E-state index < -0.39 is 11.7 Å². The lowest BCUT2D eigenvalue weighted by Gasteiger charge is -2.08. The average molecular weight is 283 g/mol. The Kier molecular flexibility index (Phi) is 3.44. The van der Waals surface area contributed by atoms with E-state index in [0.29, 0.717) is 10.5 Å².